The maximum absolute atomic E-state index is 13.2. The van der Waals surface area contributed by atoms with Gasteiger partial charge in [0.2, 0.25) is 5.91 Å². The van der Waals surface area contributed by atoms with Gasteiger partial charge in [0.25, 0.3) is 0 Å². The van der Waals surface area contributed by atoms with Gasteiger partial charge in [-0.15, -0.1) is 5.10 Å². The van der Waals surface area contributed by atoms with E-state index in [0.717, 1.165) is 25.9 Å². The van der Waals surface area contributed by atoms with E-state index in [1.54, 1.807) is 12.1 Å². The summed E-state index contributed by atoms with van der Waals surface area (Å²) in [5.41, 5.74) is 1.73. The number of halogens is 1. The van der Waals surface area contributed by atoms with Crippen LogP contribution in [0.15, 0.2) is 35.6 Å². The number of amides is 1. The monoisotopic (exact) mass is 386 g/mol. The predicted octanol–water partition coefficient (Wildman–Crippen LogP) is 2.84. The Morgan fingerprint density at radius 1 is 1.07 bits per heavy atom. The summed E-state index contributed by atoms with van der Waals surface area (Å²) in [5.74, 6) is 0.121. The molecule has 0 N–H and O–H groups in total. The van der Waals surface area contributed by atoms with E-state index >= 15 is 0 Å². The minimum absolute atomic E-state index is 0.125. The van der Waals surface area contributed by atoms with Gasteiger partial charge in [0, 0.05) is 13.1 Å². The molecule has 1 aliphatic heterocycles. The van der Waals surface area contributed by atoms with Gasteiger partial charge >= 0.3 is 0 Å². The third-order valence-corrected chi connectivity index (χ3v) is 5.53. The summed E-state index contributed by atoms with van der Waals surface area (Å²) in [6.45, 7) is 1.67. The normalized spacial score (nSPS) is 15.1. The highest BCUT2D eigenvalue weighted by Gasteiger charge is 2.18. The van der Waals surface area contributed by atoms with Crippen LogP contribution >= 0.6 is 11.8 Å². The molecule has 1 amide bonds. The molecule has 140 valence electrons. The second kappa shape index (κ2) is 7.99. The van der Waals surface area contributed by atoms with E-state index in [9.17, 15) is 9.18 Å². The van der Waals surface area contributed by atoms with Crippen molar-refractivity contribution < 1.29 is 9.18 Å². The summed E-state index contributed by atoms with van der Waals surface area (Å²) in [6.07, 6.45) is 5.96. The molecule has 3 heterocycles. The molecular weight excluding hydrogens is 367 g/mol. The van der Waals surface area contributed by atoms with Crippen molar-refractivity contribution in [3.8, 4) is 5.69 Å². The molecule has 0 spiro atoms. The van der Waals surface area contributed by atoms with Crippen LogP contribution in [0, 0.1) is 5.82 Å². The number of hydrogen-bond donors (Lipinski definition) is 0. The summed E-state index contributed by atoms with van der Waals surface area (Å²) >= 11 is 1.35. The Bertz CT molecular complexity index is 937. The van der Waals surface area contributed by atoms with Crippen LogP contribution in [0.2, 0.25) is 0 Å². The fraction of sp³-hybridized carbons (Fsp3) is 0.389. The molecule has 27 heavy (non-hydrogen) atoms. The van der Waals surface area contributed by atoms with Gasteiger partial charge < -0.3 is 4.90 Å². The number of carbonyl (C=O) groups is 1. The lowest BCUT2D eigenvalue weighted by Crippen LogP contribution is -2.33. The highest BCUT2D eigenvalue weighted by atomic mass is 32.2. The molecule has 0 atom stereocenters. The molecule has 0 saturated carbocycles. The predicted molar refractivity (Wildman–Crippen MR) is 100 cm³/mol. The second-order valence-electron chi connectivity index (χ2n) is 6.41. The van der Waals surface area contributed by atoms with Gasteiger partial charge in [-0.1, -0.05) is 29.8 Å². The maximum Gasteiger partial charge on any atom is 0.232 e. The quantitative estimate of drug-likeness (QED) is 0.507. The lowest BCUT2D eigenvalue weighted by Gasteiger charge is -2.19. The molecule has 0 bridgehead atoms. The Morgan fingerprint density at radius 3 is 2.56 bits per heavy atom. The van der Waals surface area contributed by atoms with Crippen molar-refractivity contribution in [1.82, 2.24) is 29.9 Å². The van der Waals surface area contributed by atoms with E-state index in [2.05, 4.69) is 20.3 Å². The zero-order valence-corrected chi connectivity index (χ0v) is 15.5. The second-order valence-corrected chi connectivity index (χ2v) is 7.38. The van der Waals surface area contributed by atoms with Crippen molar-refractivity contribution in [3.63, 3.8) is 0 Å². The van der Waals surface area contributed by atoms with Gasteiger partial charge in [-0.05, 0) is 37.1 Å². The molecule has 9 heteroatoms. The van der Waals surface area contributed by atoms with E-state index in [-0.39, 0.29) is 11.7 Å². The number of likely N-dealkylation sites (tertiary alicyclic amines) is 1. The minimum Gasteiger partial charge on any atom is -0.342 e. The van der Waals surface area contributed by atoms with Crippen LogP contribution in [0.25, 0.3) is 16.9 Å². The highest BCUT2D eigenvalue weighted by molar-refractivity contribution is 8.00. The van der Waals surface area contributed by atoms with Gasteiger partial charge in [-0.3, -0.25) is 4.79 Å². The molecule has 1 saturated heterocycles. The maximum atomic E-state index is 13.2. The van der Waals surface area contributed by atoms with Crippen LogP contribution < -0.4 is 0 Å². The smallest absolute Gasteiger partial charge is 0.232 e. The van der Waals surface area contributed by atoms with E-state index in [0.29, 0.717) is 27.6 Å². The number of thioether (sulfide) groups is 1. The number of aromatic nitrogens is 5. The Hall–Kier alpha value is -2.55. The molecule has 0 radical (unpaired) electrons. The zero-order chi connectivity index (χ0) is 18.6. The fourth-order valence-corrected chi connectivity index (χ4v) is 3.96. The largest absolute Gasteiger partial charge is 0.342 e. The molecule has 1 aromatic carbocycles. The average Bonchev–Trinajstić information content (AvgIpc) is 2.94. The Kier molecular flexibility index (Phi) is 5.28. The number of hydrogen-bond acceptors (Lipinski definition) is 6. The van der Waals surface area contributed by atoms with Crippen LogP contribution in [0.3, 0.4) is 0 Å². The first-order valence-corrected chi connectivity index (χ1v) is 9.94. The molecule has 1 fully saturated rings. The molecule has 7 nitrogen and oxygen atoms in total. The molecule has 2 aromatic heterocycles. The van der Waals surface area contributed by atoms with Crippen molar-refractivity contribution in [3.05, 3.63) is 36.4 Å². The van der Waals surface area contributed by atoms with E-state index < -0.39 is 0 Å². The summed E-state index contributed by atoms with van der Waals surface area (Å²) in [7, 11) is 0. The van der Waals surface area contributed by atoms with Crippen LogP contribution in [0.4, 0.5) is 4.39 Å². The van der Waals surface area contributed by atoms with Crippen molar-refractivity contribution in [2.45, 2.75) is 30.7 Å². The summed E-state index contributed by atoms with van der Waals surface area (Å²) in [4.78, 5) is 23.0. The molecule has 3 aromatic rings. The lowest BCUT2D eigenvalue weighted by molar-refractivity contribution is -0.128. The van der Waals surface area contributed by atoms with Crippen molar-refractivity contribution in [1.29, 1.82) is 0 Å². The number of benzene rings is 1. The van der Waals surface area contributed by atoms with Crippen LogP contribution in [0.5, 0.6) is 0 Å². The van der Waals surface area contributed by atoms with Gasteiger partial charge in [0.05, 0.1) is 11.4 Å². The first-order valence-electron chi connectivity index (χ1n) is 8.95. The molecule has 0 unspecified atom stereocenters. The number of nitrogens with zero attached hydrogens (tertiary/aromatic N) is 6. The van der Waals surface area contributed by atoms with Gasteiger partial charge in [-0.2, -0.15) is 4.68 Å². The standard InChI is InChI=1S/C18H19FN6OS/c19-13-5-7-14(8-6-13)25-17-16(22-23-25)18(21-12-20-17)27-11-15(26)24-9-3-1-2-4-10-24/h5-8,12H,1-4,9-11H2. The van der Waals surface area contributed by atoms with E-state index in [1.807, 2.05) is 4.90 Å². The zero-order valence-electron chi connectivity index (χ0n) is 14.7. The first-order chi connectivity index (χ1) is 13.2. The summed E-state index contributed by atoms with van der Waals surface area (Å²) in [6, 6.07) is 5.95. The summed E-state index contributed by atoms with van der Waals surface area (Å²) in [5, 5.41) is 8.91. The van der Waals surface area contributed by atoms with Crippen LogP contribution in [-0.4, -0.2) is 54.6 Å². The van der Waals surface area contributed by atoms with Gasteiger partial charge in [0.1, 0.15) is 17.2 Å². The van der Waals surface area contributed by atoms with Crippen LogP contribution in [0.1, 0.15) is 25.7 Å². The topological polar surface area (TPSA) is 76.8 Å². The number of fused-ring (bicyclic) bond motifs is 1. The molecule has 4 rings (SSSR count). The molecule has 0 aliphatic carbocycles. The minimum atomic E-state index is -0.318. The van der Waals surface area contributed by atoms with E-state index in [4.69, 9.17) is 0 Å². The molecule has 1 aliphatic rings. The molecular formula is C18H19FN6OS. The van der Waals surface area contributed by atoms with Gasteiger partial charge in [0.15, 0.2) is 11.2 Å². The van der Waals surface area contributed by atoms with Crippen LogP contribution in [-0.2, 0) is 4.79 Å². The van der Waals surface area contributed by atoms with Gasteiger partial charge in [-0.25, -0.2) is 14.4 Å². The van der Waals surface area contributed by atoms with Crippen molar-refractivity contribution in [2.24, 2.45) is 0 Å². The third kappa shape index (κ3) is 3.92. The first kappa shape index (κ1) is 17.8. The average molecular weight is 386 g/mol. The Labute approximate surface area is 160 Å². The highest BCUT2D eigenvalue weighted by Crippen LogP contribution is 2.24. The van der Waals surface area contributed by atoms with Crippen molar-refractivity contribution >= 4 is 28.8 Å². The Morgan fingerprint density at radius 2 is 1.81 bits per heavy atom. The SMILES string of the molecule is O=C(CSc1ncnc2c1nnn2-c1ccc(F)cc1)N1CCCCCC1. The summed E-state index contributed by atoms with van der Waals surface area (Å²) < 4.78 is 14.7. The fourth-order valence-electron chi connectivity index (χ4n) is 3.13. The number of carbonyl (C=O) groups excluding carboxylic acids is 1. The lowest BCUT2D eigenvalue weighted by atomic mass is 10.2. The van der Waals surface area contributed by atoms with Crippen molar-refractivity contribution in [2.75, 3.05) is 18.8 Å². The third-order valence-electron chi connectivity index (χ3n) is 4.57. The van der Waals surface area contributed by atoms with E-state index in [1.165, 1.54) is 47.7 Å². The Balaban J connectivity index is 1.52. The number of rotatable bonds is 4.